The number of aryl methyl sites for hydroxylation is 1. The highest BCUT2D eigenvalue weighted by molar-refractivity contribution is 5.83. The Kier molecular flexibility index (Phi) is 6.09. The molecule has 0 aliphatic carbocycles. The molecule has 1 aromatic heterocycles. The summed E-state index contributed by atoms with van der Waals surface area (Å²) in [4.78, 5) is 7.49. The molecule has 0 amide bonds. The number of nitrogens with zero attached hydrogens (tertiary/aromatic N) is 1. The van der Waals surface area contributed by atoms with Crippen LogP contribution in [0.5, 0.6) is 0 Å². The monoisotopic (exact) mass is 288 g/mol. The number of para-hydroxylation sites is 1. The van der Waals surface area contributed by atoms with Crippen LogP contribution in [0.25, 0.3) is 10.9 Å². The number of aromatic amines is 1. The number of H-pyrrole nitrogens is 1. The van der Waals surface area contributed by atoms with Gasteiger partial charge in [0.15, 0.2) is 5.96 Å². The number of guanidine groups is 1. The van der Waals surface area contributed by atoms with Gasteiger partial charge in [-0.1, -0.05) is 18.2 Å². The van der Waals surface area contributed by atoms with Gasteiger partial charge in [0, 0.05) is 44.3 Å². The Bertz CT molecular complexity index is 576. The molecule has 0 radical (unpaired) electrons. The highest BCUT2D eigenvalue weighted by Crippen LogP contribution is 2.18. The maximum absolute atomic E-state index is 5.00. The summed E-state index contributed by atoms with van der Waals surface area (Å²) in [5.41, 5.74) is 2.58. The molecule has 1 heterocycles. The third-order valence-electron chi connectivity index (χ3n) is 3.41. The smallest absolute Gasteiger partial charge is 0.191 e. The van der Waals surface area contributed by atoms with Gasteiger partial charge in [-0.3, -0.25) is 4.99 Å². The molecule has 2 aromatic rings. The van der Waals surface area contributed by atoms with Gasteiger partial charge in [0.05, 0.1) is 6.61 Å². The fraction of sp³-hybridized carbons (Fsp3) is 0.438. The van der Waals surface area contributed by atoms with E-state index in [4.69, 9.17) is 4.74 Å². The predicted molar refractivity (Wildman–Crippen MR) is 87.9 cm³/mol. The van der Waals surface area contributed by atoms with E-state index in [0.717, 1.165) is 31.9 Å². The molecule has 0 fully saturated rings. The van der Waals surface area contributed by atoms with E-state index in [2.05, 4.69) is 51.1 Å². The number of rotatable bonds is 7. The first-order chi connectivity index (χ1) is 10.3. The Balaban J connectivity index is 1.74. The third-order valence-corrected chi connectivity index (χ3v) is 3.41. The number of nitrogens with one attached hydrogen (secondary N) is 3. The van der Waals surface area contributed by atoms with Crippen molar-refractivity contribution in [2.75, 3.05) is 33.9 Å². The second-order valence-corrected chi connectivity index (χ2v) is 4.88. The molecule has 0 saturated carbocycles. The number of fused-ring (bicyclic) bond motifs is 1. The molecule has 1 aromatic carbocycles. The van der Waals surface area contributed by atoms with Gasteiger partial charge in [-0.25, -0.2) is 0 Å². The first-order valence-corrected chi connectivity index (χ1v) is 7.33. The fourth-order valence-electron chi connectivity index (χ4n) is 2.32. The quantitative estimate of drug-likeness (QED) is 0.414. The summed E-state index contributed by atoms with van der Waals surface area (Å²) in [6.45, 7) is 2.33. The van der Waals surface area contributed by atoms with Gasteiger partial charge >= 0.3 is 0 Å². The molecule has 114 valence electrons. The molecular weight excluding hydrogens is 264 g/mol. The molecule has 2 rings (SSSR count). The van der Waals surface area contributed by atoms with Crippen molar-refractivity contribution < 1.29 is 4.74 Å². The number of hydrogen-bond acceptors (Lipinski definition) is 2. The highest BCUT2D eigenvalue weighted by atomic mass is 16.5. The summed E-state index contributed by atoms with van der Waals surface area (Å²) in [6.07, 6.45) is 4.22. The van der Waals surface area contributed by atoms with Gasteiger partial charge in [-0.05, 0) is 24.5 Å². The van der Waals surface area contributed by atoms with E-state index in [9.17, 15) is 0 Å². The van der Waals surface area contributed by atoms with E-state index >= 15 is 0 Å². The third kappa shape index (κ3) is 4.49. The topological polar surface area (TPSA) is 61.4 Å². The summed E-state index contributed by atoms with van der Waals surface area (Å²) in [5, 5.41) is 7.83. The number of hydrogen-bond donors (Lipinski definition) is 3. The maximum atomic E-state index is 5.00. The molecule has 3 N–H and O–H groups in total. The van der Waals surface area contributed by atoms with Crippen molar-refractivity contribution in [2.24, 2.45) is 4.99 Å². The number of benzene rings is 1. The summed E-state index contributed by atoms with van der Waals surface area (Å²) >= 11 is 0. The van der Waals surface area contributed by atoms with E-state index in [1.54, 1.807) is 14.2 Å². The average Bonchev–Trinajstić information content (AvgIpc) is 2.93. The molecule has 0 aliphatic heterocycles. The van der Waals surface area contributed by atoms with Crippen molar-refractivity contribution in [1.82, 2.24) is 15.6 Å². The van der Waals surface area contributed by atoms with E-state index in [0.29, 0.717) is 6.61 Å². The molecule has 5 nitrogen and oxygen atoms in total. The summed E-state index contributed by atoms with van der Waals surface area (Å²) in [6, 6.07) is 8.41. The summed E-state index contributed by atoms with van der Waals surface area (Å²) in [7, 11) is 3.47. The lowest BCUT2D eigenvalue weighted by Gasteiger charge is -2.11. The van der Waals surface area contributed by atoms with Crippen molar-refractivity contribution in [1.29, 1.82) is 0 Å². The molecule has 0 aliphatic rings. The molecule has 0 unspecified atom stereocenters. The molecule has 0 spiro atoms. The van der Waals surface area contributed by atoms with Crippen molar-refractivity contribution >= 4 is 16.9 Å². The van der Waals surface area contributed by atoms with Crippen LogP contribution in [0, 0.1) is 0 Å². The van der Waals surface area contributed by atoms with Crippen molar-refractivity contribution in [2.45, 2.75) is 12.8 Å². The highest BCUT2D eigenvalue weighted by Gasteiger charge is 2.02. The molecule has 0 saturated heterocycles. The van der Waals surface area contributed by atoms with Crippen LogP contribution in [-0.4, -0.2) is 44.8 Å². The summed E-state index contributed by atoms with van der Waals surface area (Å²) < 4.78 is 5.00. The maximum Gasteiger partial charge on any atom is 0.191 e. The van der Waals surface area contributed by atoms with Gasteiger partial charge in [-0.2, -0.15) is 0 Å². The normalized spacial score (nSPS) is 11.8. The first kappa shape index (κ1) is 15.4. The molecule has 5 heteroatoms. The second kappa shape index (κ2) is 8.32. The van der Waals surface area contributed by atoms with Crippen molar-refractivity contribution in [3.05, 3.63) is 36.0 Å². The van der Waals surface area contributed by atoms with Crippen molar-refractivity contribution in [3.8, 4) is 0 Å². The van der Waals surface area contributed by atoms with Crippen LogP contribution in [-0.2, 0) is 11.2 Å². The van der Waals surface area contributed by atoms with Crippen LogP contribution >= 0.6 is 0 Å². The lowest BCUT2D eigenvalue weighted by atomic mass is 10.1. The largest absolute Gasteiger partial charge is 0.383 e. The lowest BCUT2D eigenvalue weighted by Crippen LogP contribution is -2.39. The molecular formula is C16H24N4O. The van der Waals surface area contributed by atoms with E-state index < -0.39 is 0 Å². The van der Waals surface area contributed by atoms with Crippen LogP contribution in [0.4, 0.5) is 0 Å². The van der Waals surface area contributed by atoms with Gasteiger partial charge in [0.25, 0.3) is 0 Å². The van der Waals surface area contributed by atoms with E-state index in [-0.39, 0.29) is 0 Å². The second-order valence-electron chi connectivity index (χ2n) is 4.88. The minimum atomic E-state index is 0.677. The molecule has 21 heavy (non-hydrogen) atoms. The predicted octanol–water partition coefficient (Wildman–Crippen LogP) is 1.91. The zero-order valence-corrected chi connectivity index (χ0v) is 12.8. The Labute approximate surface area is 125 Å². The number of methoxy groups -OCH3 is 1. The Morgan fingerprint density at radius 2 is 2.05 bits per heavy atom. The van der Waals surface area contributed by atoms with Crippen LogP contribution in [0.2, 0.25) is 0 Å². The average molecular weight is 288 g/mol. The Morgan fingerprint density at radius 1 is 1.24 bits per heavy atom. The van der Waals surface area contributed by atoms with E-state index in [1.165, 1.54) is 16.5 Å². The lowest BCUT2D eigenvalue weighted by molar-refractivity contribution is 0.203. The van der Waals surface area contributed by atoms with Crippen molar-refractivity contribution in [3.63, 3.8) is 0 Å². The minimum Gasteiger partial charge on any atom is -0.383 e. The number of aromatic nitrogens is 1. The molecule has 0 atom stereocenters. The summed E-state index contributed by atoms with van der Waals surface area (Å²) in [5.74, 6) is 0.825. The van der Waals surface area contributed by atoms with Gasteiger partial charge in [0.1, 0.15) is 0 Å². The fourth-order valence-corrected chi connectivity index (χ4v) is 2.32. The van der Waals surface area contributed by atoms with E-state index in [1.807, 2.05) is 0 Å². The first-order valence-electron chi connectivity index (χ1n) is 7.33. The van der Waals surface area contributed by atoms with Crippen LogP contribution in [0.1, 0.15) is 12.0 Å². The molecule has 0 bridgehead atoms. The zero-order valence-electron chi connectivity index (χ0n) is 12.8. The minimum absolute atomic E-state index is 0.677. The van der Waals surface area contributed by atoms with Gasteiger partial charge in [0.2, 0.25) is 0 Å². The van der Waals surface area contributed by atoms with Crippen LogP contribution < -0.4 is 10.6 Å². The van der Waals surface area contributed by atoms with Gasteiger partial charge < -0.3 is 20.4 Å². The number of aliphatic imine (C=N–C) groups is 1. The van der Waals surface area contributed by atoms with Crippen LogP contribution in [0.3, 0.4) is 0 Å². The number of ether oxygens (including phenoxy) is 1. The standard InChI is InChI=1S/C16H24N4O/c1-17-16(19-10-11-21-2)18-9-5-6-13-12-20-15-8-4-3-7-14(13)15/h3-4,7-8,12,20H,5-6,9-11H2,1-2H3,(H2,17,18,19). The zero-order chi connectivity index (χ0) is 14.9. The van der Waals surface area contributed by atoms with Gasteiger partial charge in [-0.15, -0.1) is 0 Å². The van der Waals surface area contributed by atoms with Crippen LogP contribution in [0.15, 0.2) is 35.5 Å². The Hall–Kier alpha value is -2.01. The SMILES string of the molecule is CN=C(NCCCc1c[nH]c2ccccc12)NCCOC. The Morgan fingerprint density at radius 3 is 2.86 bits per heavy atom.